The SMILES string of the molecule is CCN(C)C(=O)Nc1ccnc(C2CCCN2C(=O)OC(C)(C)C)n1. The van der Waals surface area contributed by atoms with Crippen molar-refractivity contribution in [1.82, 2.24) is 19.8 Å². The van der Waals surface area contributed by atoms with Crippen LogP contribution in [0.3, 0.4) is 0 Å². The van der Waals surface area contributed by atoms with Crippen LogP contribution in [-0.2, 0) is 4.74 Å². The Bertz CT molecular complexity index is 629. The number of nitrogens with zero attached hydrogens (tertiary/aromatic N) is 4. The van der Waals surface area contributed by atoms with E-state index in [0.29, 0.717) is 24.7 Å². The summed E-state index contributed by atoms with van der Waals surface area (Å²) >= 11 is 0. The van der Waals surface area contributed by atoms with Gasteiger partial charge in [-0.15, -0.1) is 0 Å². The third kappa shape index (κ3) is 5.04. The highest BCUT2D eigenvalue weighted by molar-refractivity contribution is 5.88. The molecule has 1 fully saturated rings. The van der Waals surface area contributed by atoms with Crippen LogP contribution in [0.15, 0.2) is 12.3 Å². The van der Waals surface area contributed by atoms with Gasteiger partial charge in [0, 0.05) is 26.3 Å². The predicted molar refractivity (Wildman–Crippen MR) is 94.3 cm³/mol. The first kappa shape index (κ1) is 19.0. The molecule has 1 aliphatic rings. The quantitative estimate of drug-likeness (QED) is 0.906. The average Bonchev–Trinajstić information content (AvgIpc) is 3.02. The number of aromatic nitrogens is 2. The first-order chi connectivity index (χ1) is 11.7. The lowest BCUT2D eigenvalue weighted by Gasteiger charge is -2.28. The number of amides is 3. The van der Waals surface area contributed by atoms with Crippen molar-refractivity contribution in [2.75, 3.05) is 25.5 Å². The van der Waals surface area contributed by atoms with Crippen molar-refractivity contribution >= 4 is 17.9 Å². The summed E-state index contributed by atoms with van der Waals surface area (Å²) < 4.78 is 5.47. The molecule has 3 amide bonds. The van der Waals surface area contributed by atoms with Gasteiger partial charge in [-0.25, -0.2) is 19.6 Å². The van der Waals surface area contributed by atoms with Gasteiger partial charge in [-0.3, -0.25) is 10.2 Å². The van der Waals surface area contributed by atoms with E-state index in [1.54, 1.807) is 29.1 Å². The number of hydrogen-bond donors (Lipinski definition) is 1. The lowest BCUT2D eigenvalue weighted by molar-refractivity contribution is 0.0218. The van der Waals surface area contributed by atoms with Crippen LogP contribution in [0.4, 0.5) is 15.4 Å². The first-order valence-corrected chi connectivity index (χ1v) is 8.56. The van der Waals surface area contributed by atoms with Crippen LogP contribution in [0.2, 0.25) is 0 Å². The third-order valence-electron chi connectivity index (χ3n) is 3.91. The molecule has 0 radical (unpaired) electrons. The van der Waals surface area contributed by atoms with Crippen molar-refractivity contribution < 1.29 is 14.3 Å². The van der Waals surface area contributed by atoms with E-state index in [0.717, 1.165) is 12.8 Å². The van der Waals surface area contributed by atoms with Crippen molar-refractivity contribution in [3.8, 4) is 0 Å². The molecular formula is C17H27N5O3. The summed E-state index contributed by atoms with van der Waals surface area (Å²) in [6.07, 6.45) is 2.86. The summed E-state index contributed by atoms with van der Waals surface area (Å²) in [7, 11) is 1.71. The van der Waals surface area contributed by atoms with E-state index in [2.05, 4.69) is 15.3 Å². The molecule has 1 atom stereocenters. The van der Waals surface area contributed by atoms with Gasteiger partial charge in [-0.05, 0) is 46.6 Å². The van der Waals surface area contributed by atoms with Crippen LogP contribution in [0, 0.1) is 0 Å². The lowest BCUT2D eigenvalue weighted by atomic mass is 10.2. The second kappa shape index (κ2) is 7.67. The summed E-state index contributed by atoms with van der Waals surface area (Å²) in [5, 5.41) is 2.74. The second-order valence-corrected chi connectivity index (χ2v) is 7.08. The van der Waals surface area contributed by atoms with E-state index in [1.165, 1.54) is 0 Å². The van der Waals surface area contributed by atoms with Gasteiger partial charge in [-0.1, -0.05) is 0 Å². The average molecular weight is 349 g/mol. The second-order valence-electron chi connectivity index (χ2n) is 7.08. The van der Waals surface area contributed by atoms with Gasteiger partial charge in [-0.2, -0.15) is 0 Å². The number of hydrogen-bond acceptors (Lipinski definition) is 5. The van der Waals surface area contributed by atoms with Crippen molar-refractivity contribution in [3.63, 3.8) is 0 Å². The van der Waals surface area contributed by atoms with Crippen molar-refractivity contribution in [2.24, 2.45) is 0 Å². The summed E-state index contributed by atoms with van der Waals surface area (Å²) in [4.78, 5) is 36.3. The Kier molecular flexibility index (Phi) is 5.81. The highest BCUT2D eigenvalue weighted by atomic mass is 16.6. The predicted octanol–water partition coefficient (Wildman–Crippen LogP) is 3.03. The molecule has 0 aromatic carbocycles. The monoisotopic (exact) mass is 349 g/mol. The lowest BCUT2D eigenvalue weighted by Crippen LogP contribution is -2.37. The smallest absolute Gasteiger partial charge is 0.410 e. The fraction of sp³-hybridized carbons (Fsp3) is 0.647. The summed E-state index contributed by atoms with van der Waals surface area (Å²) in [5.74, 6) is 0.937. The minimum Gasteiger partial charge on any atom is -0.444 e. The third-order valence-corrected chi connectivity index (χ3v) is 3.91. The normalized spacial score (nSPS) is 17.3. The zero-order valence-corrected chi connectivity index (χ0v) is 15.6. The highest BCUT2D eigenvalue weighted by Crippen LogP contribution is 2.31. The number of carbonyl (C=O) groups is 2. The van der Waals surface area contributed by atoms with E-state index in [-0.39, 0.29) is 18.2 Å². The molecule has 2 heterocycles. The maximum atomic E-state index is 12.4. The number of carbonyl (C=O) groups excluding carboxylic acids is 2. The maximum Gasteiger partial charge on any atom is 0.410 e. The van der Waals surface area contributed by atoms with Gasteiger partial charge in [0.25, 0.3) is 0 Å². The van der Waals surface area contributed by atoms with Gasteiger partial charge >= 0.3 is 12.1 Å². The number of likely N-dealkylation sites (tertiary alicyclic amines) is 1. The van der Waals surface area contributed by atoms with Crippen LogP contribution in [0.5, 0.6) is 0 Å². The van der Waals surface area contributed by atoms with Crippen LogP contribution in [0.25, 0.3) is 0 Å². The molecule has 1 unspecified atom stereocenters. The largest absolute Gasteiger partial charge is 0.444 e. The van der Waals surface area contributed by atoms with Crippen LogP contribution >= 0.6 is 0 Å². The molecule has 8 nitrogen and oxygen atoms in total. The molecule has 8 heteroatoms. The van der Waals surface area contributed by atoms with Gasteiger partial charge in [0.15, 0.2) is 5.82 Å². The van der Waals surface area contributed by atoms with E-state index in [1.807, 2.05) is 27.7 Å². The molecule has 2 rings (SSSR count). The van der Waals surface area contributed by atoms with Gasteiger partial charge in [0.2, 0.25) is 0 Å². The number of nitrogens with one attached hydrogen (secondary N) is 1. The molecule has 0 saturated carbocycles. The Hall–Kier alpha value is -2.38. The van der Waals surface area contributed by atoms with Gasteiger partial charge < -0.3 is 9.64 Å². The van der Waals surface area contributed by atoms with Gasteiger partial charge in [0.05, 0.1) is 6.04 Å². The molecule has 1 saturated heterocycles. The van der Waals surface area contributed by atoms with E-state index in [4.69, 9.17) is 4.74 Å². The maximum absolute atomic E-state index is 12.4. The van der Waals surface area contributed by atoms with Gasteiger partial charge in [0.1, 0.15) is 11.4 Å². The zero-order chi connectivity index (χ0) is 18.6. The van der Waals surface area contributed by atoms with E-state index >= 15 is 0 Å². The van der Waals surface area contributed by atoms with Crippen LogP contribution in [-0.4, -0.2) is 57.6 Å². The number of ether oxygens (including phenoxy) is 1. The molecule has 0 bridgehead atoms. The van der Waals surface area contributed by atoms with Crippen LogP contribution in [0.1, 0.15) is 52.4 Å². The fourth-order valence-corrected chi connectivity index (χ4v) is 2.53. The summed E-state index contributed by atoms with van der Waals surface area (Å²) in [6, 6.07) is 1.16. The molecule has 0 spiro atoms. The molecule has 1 aliphatic heterocycles. The number of rotatable bonds is 3. The minimum atomic E-state index is -0.550. The van der Waals surface area contributed by atoms with E-state index < -0.39 is 5.60 Å². The Balaban J connectivity index is 2.13. The number of anilines is 1. The van der Waals surface area contributed by atoms with Crippen molar-refractivity contribution in [2.45, 2.75) is 52.2 Å². The minimum absolute atomic E-state index is 0.234. The standard InChI is InChI=1S/C17H27N5O3/c1-6-21(5)15(23)20-13-9-10-18-14(19-13)12-8-7-11-22(12)16(24)25-17(2,3)4/h9-10,12H,6-8,11H2,1-5H3,(H,18,19,20,23). The Labute approximate surface area is 148 Å². The molecular weight excluding hydrogens is 322 g/mol. The molecule has 1 aromatic heterocycles. The first-order valence-electron chi connectivity index (χ1n) is 8.56. The zero-order valence-electron chi connectivity index (χ0n) is 15.6. The fourth-order valence-electron chi connectivity index (χ4n) is 2.53. The molecule has 1 aromatic rings. The summed E-state index contributed by atoms with van der Waals surface area (Å²) in [5.41, 5.74) is -0.550. The van der Waals surface area contributed by atoms with Crippen molar-refractivity contribution in [3.05, 3.63) is 18.1 Å². The molecule has 0 aliphatic carbocycles. The Morgan fingerprint density at radius 1 is 1.44 bits per heavy atom. The molecule has 138 valence electrons. The molecule has 1 N–H and O–H groups in total. The molecule has 25 heavy (non-hydrogen) atoms. The summed E-state index contributed by atoms with van der Waals surface area (Å²) in [6.45, 7) is 8.62. The van der Waals surface area contributed by atoms with E-state index in [9.17, 15) is 9.59 Å². The Morgan fingerprint density at radius 3 is 2.80 bits per heavy atom. The topological polar surface area (TPSA) is 87.7 Å². The van der Waals surface area contributed by atoms with Crippen molar-refractivity contribution in [1.29, 1.82) is 0 Å². The number of urea groups is 1. The highest BCUT2D eigenvalue weighted by Gasteiger charge is 2.34. The van der Waals surface area contributed by atoms with Crippen LogP contribution < -0.4 is 5.32 Å². The Morgan fingerprint density at radius 2 is 2.16 bits per heavy atom.